The molecule has 1 aromatic heterocycles. The van der Waals surface area contributed by atoms with Crippen LogP contribution in [0.5, 0.6) is 11.5 Å². The maximum absolute atomic E-state index is 12.5. The Morgan fingerprint density at radius 3 is 2.48 bits per heavy atom. The van der Waals surface area contributed by atoms with Crippen LogP contribution in [0.25, 0.3) is 10.2 Å². The van der Waals surface area contributed by atoms with Crippen molar-refractivity contribution < 1.29 is 14.3 Å². The molecule has 0 saturated carbocycles. The van der Waals surface area contributed by atoms with Gasteiger partial charge in [0.25, 0.3) is 0 Å². The number of fused-ring (bicyclic) bond motifs is 1. The van der Waals surface area contributed by atoms with Crippen molar-refractivity contribution in [3.05, 3.63) is 42.5 Å². The van der Waals surface area contributed by atoms with E-state index in [-0.39, 0.29) is 11.2 Å². The second kappa shape index (κ2) is 7.76. The number of benzene rings is 2. The number of rotatable bonds is 6. The molecule has 3 aromatic rings. The smallest absolute Gasteiger partial charge is 0.237 e. The molecule has 0 aliphatic carbocycles. The molecule has 0 saturated heterocycles. The lowest BCUT2D eigenvalue weighted by Crippen LogP contribution is -2.22. The fourth-order valence-corrected chi connectivity index (χ4v) is 4.44. The highest BCUT2D eigenvalue weighted by molar-refractivity contribution is 8.02. The second-order valence-corrected chi connectivity index (χ2v) is 7.92. The Hall–Kier alpha value is -2.25. The average molecular weight is 374 g/mol. The van der Waals surface area contributed by atoms with E-state index < -0.39 is 0 Å². The Morgan fingerprint density at radius 2 is 1.84 bits per heavy atom. The summed E-state index contributed by atoms with van der Waals surface area (Å²) < 4.78 is 12.4. The third-order valence-electron chi connectivity index (χ3n) is 3.54. The van der Waals surface area contributed by atoms with E-state index in [0.717, 1.165) is 14.6 Å². The number of nitrogens with one attached hydrogen (secondary N) is 1. The van der Waals surface area contributed by atoms with E-state index in [0.29, 0.717) is 17.2 Å². The number of carbonyl (C=O) groups is 1. The summed E-state index contributed by atoms with van der Waals surface area (Å²) in [7, 11) is 3.15. The molecule has 25 heavy (non-hydrogen) atoms. The van der Waals surface area contributed by atoms with Gasteiger partial charge in [-0.15, -0.1) is 11.3 Å². The summed E-state index contributed by atoms with van der Waals surface area (Å²) in [6, 6.07) is 13.2. The van der Waals surface area contributed by atoms with Crippen LogP contribution in [0.1, 0.15) is 6.92 Å². The van der Waals surface area contributed by atoms with Crippen molar-refractivity contribution in [3.8, 4) is 11.5 Å². The van der Waals surface area contributed by atoms with Gasteiger partial charge in [0.1, 0.15) is 11.5 Å². The van der Waals surface area contributed by atoms with Crippen molar-refractivity contribution in [1.29, 1.82) is 0 Å². The van der Waals surface area contributed by atoms with Gasteiger partial charge in [-0.25, -0.2) is 4.98 Å². The first kappa shape index (κ1) is 17.6. The minimum Gasteiger partial charge on any atom is -0.497 e. The number of para-hydroxylation sites is 1. The first-order valence-electron chi connectivity index (χ1n) is 7.65. The van der Waals surface area contributed by atoms with Gasteiger partial charge < -0.3 is 14.8 Å². The lowest BCUT2D eigenvalue weighted by Gasteiger charge is -2.12. The third-order valence-corrected chi connectivity index (χ3v) is 5.77. The molecule has 0 aliphatic rings. The number of ether oxygens (including phenoxy) is 2. The fourth-order valence-electron chi connectivity index (χ4n) is 2.23. The number of hydrogen-bond donors (Lipinski definition) is 1. The topological polar surface area (TPSA) is 60.5 Å². The van der Waals surface area contributed by atoms with E-state index in [4.69, 9.17) is 9.47 Å². The lowest BCUT2D eigenvalue weighted by atomic mass is 10.2. The van der Waals surface area contributed by atoms with E-state index in [9.17, 15) is 4.79 Å². The van der Waals surface area contributed by atoms with Gasteiger partial charge >= 0.3 is 0 Å². The normalized spacial score (nSPS) is 12.0. The summed E-state index contributed by atoms with van der Waals surface area (Å²) in [5.41, 5.74) is 1.60. The van der Waals surface area contributed by atoms with Crippen LogP contribution < -0.4 is 14.8 Å². The summed E-state index contributed by atoms with van der Waals surface area (Å²) in [6.07, 6.45) is 0. The van der Waals surface area contributed by atoms with Gasteiger partial charge in [0.2, 0.25) is 5.91 Å². The molecule has 3 rings (SSSR count). The molecule has 130 valence electrons. The quantitative estimate of drug-likeness (QED) is 0.647. The van der Waals surface area contributed by atoms with Crippen LogP contribution in [-0.4, -0.2) is 30.4 Å². The molecular formula is C18H18N2O3S2. The number of aromatic nitrogens is 1. The first-order valence-corrected chi connectivity index (χ1v) is 9.35. The monoisotopic (exact) mass is 374 g/mol. The Balaban J connectivity index is 1.70. The van der Waals surface area contributed by atoms with Gasteiger partial charge in [0.05, 0.1) is 29.7 Å². The Kier molecular flexibility index (Phi) is 5.45. The molecule has 0 fully saturated rings. The Bertz CT molecular complexity index is 840. The van der Waals surface area contributed by atoms with Crippen molar-refractivity contribution in [2.75, 3.05) is 19.5 Å². The number of nitrogens with zero attached hydrogens (tertiary/aromatic N) is 1. The third kappa shape index (κ3) is 4.24. The predicted molar refractivity (Wildman–Crippen MR) is 103 cm³/mol. The average Bonchev–Trinajstić information content (AvgIpc) is 3.03. The number of thiazole rings is 1. The second-order valence-electron chi connectivity index (χ2n) is 5.30. The highest BCUT2D eigenvalue weighted by Crippen LogP contribution is 2.32. The fraction of sp³-hybridized carbons (Fsp3) is 0.222. The van der Waals surface area contributed by atoms with Crippen molar-refractivity contribution >= 4 is 44.9 Å². The predicted octanol–water partition coefficient (Wildman–Crippen LogP) is 4.43. The number of methoxy groups -OCH3 is 2. The number of thioether (sulfide) groups is 1. The van der Waals surface area contributed by atoms with Crippen molar-refractivity contribution in [3.63, 3.8) is 0 Å². The molecule has 0 bridgehead atoms. The van der Waals surface area contributed by atoms with E-state index in [1.165, 1.54) is 11.8 Å². The number of amides is 1. The van der Waals surface area contributed by atoms with Crippen LogP contribution in [0.4, 0.5) is 5.69 Å². The molecule has 0 spiro atoms. The highest BCUT2D eigenvalue weighted by atomic mass is 32.2. The molecule has 1 amide bonds. The van der Waals surface area contributed by atoms with Crippen LogP contribution >= 0.6 is 23.1 Å². The molecule has 7 heteroatoms. The number of carbonyl (C=O) groups excluding carboxylic acids is 1. The molecule has 0 aliphatic heterocycles. The highest BCUT2D eigenvalue weighted by Gasteiger charge is 2.17. The first-order chi connectivity index (χ1) is 12.1. The Morgan fingerprint density at radius 1 is 1.16 bits per heavy atom. The summed E-state index contributed by atoms with van der Waals surface area (Å²) in [6.45, 7) is 1.86. The zero-order chi connectivity index (χ0) is 17.8. The van der Waals surface area contributed by atoms with Crippen LogP contribution in [0.2, 0.25) is 0 Å². The molecule has 1 atom stereocenters. The van der Waals surface area contributed by atoms with Gasteiger partial charge in [0, 0.05) is 23.9 Å². The van der Waals surface area contributed by atoms with Crippen LogP contribution in [0.15, 0.2) is 46.8 Å². The number of hydrogen-bond acceptors (Lipinski definition) is 6. The zero-order valence-corrected chi connectivity index (χ0v) is 15.7. The van der Waals surface area contributed by atoms with E-state index in [2.05, 4.69) is 10.3 Å². The van der Waals surface area contributed by atoms with Crippen LogP contribution in [-0.2, 0) is 4.79 Å². The molecule has 1 heterocycles. The van der Waals surface area contributed by atoms with Gasteiger partial charge in [-0.2, -0.15) is 0 Å². The summed E-state index contributed by atoms with van der Waals surface area (Å²) in [5, 5.41) is 2.62. The molecule has 5 nitrogen and oxygen atoms in total. The van der Waals surface area contributed by atoms with E-state index in [1.807, 2.05) is 31.2 Å². The largest absolute Gasteiger partial charge is 0.497 e. The summed E-state index contributed by atoms with van der Waals surface area (Å²) in [4.78, 5) is 17.1. The standard InChI is InChI=1S/C18H18N2O3S2/c1-11(24-18-20-15-6-4-5-7-16(15)25-18)17(21)19-12-8-13(22-2)10-14(9-12)23-3/h4-11H,1-3H3,(H,19,21). The van der Waals surface area contributed by atoms with Gasteiger partial charge in [0.15, 0.2) is 4.34 Å². The number of anilines is 1. The summed E-state index contributed by atoms with van der Waals surface area (Å²) in [5.74, 6) is 1.15. The Labute approximate surface area is 154 Å². The zero-order valence-electron chi connectivity index (χ0n) is 14.1. The maximum Gasteiger partial charge on any atom is 0.237 e. The molecule has 0 radical (unpaired) electrons. The maximum atomic E-state index is 12.5. The molecule has 1 unspecified atom stereocenters. The molecule has 1 N–H and O–H groups in total. The van der Waals surface area contributed by atoms with Crippen molar-refractivity contribution in [1.82, 2.24) is 4.98 Å². The summed E-state index contributed by atoms with van der Waals surface area (Å²) >= 11 is 3.04. The minimum absolute atomic E-state index is 0.0976. The van der Waals surface area contributed by atoms with Crippen molar-refractivity contribution in [2.45, 2.75) is 16.5 Å². The van der Waals surface area contributed by atoms with Crippen molar-refractivity contribution in [2.24, 2.45) is 0 Å². The van der Waals surface area contributed by atoms with Gasteiger partial charge in [-0.1, -0.05) is 23.9 Å². The van der Waals surface area contributed by atoms with Crippen LogP contribution in [0.3, 0.4) is 0 Å². The SMILES string of the molecule is COc1cc(NC(=O)C(C)Sc2nc3ccccc3s2)cc(OC)c1. The van der Waals surface area contributed by atoms with E-state index >= 15 is 0 Å². The molecule has 2 aromatic carbocycles. The van der Waals surface area contributed by atoms with Gasteiger partial charge in [-0.3, -0.25) is 4.79 Å². The minimum atomic E-state index is -0.280. The lowest BCUT2D eigenvalue weighted by molar-refractivity contribution is -0.115. The van der Waals surface area contributed by atoms with Crippen LogP contribution in [0, 0.1) is 0 Å². The molecular weight excluding hydrogens is 356 g/mol. The van der Waals surface area contributed by atoms with E-state index in [1.54, 1.807) is 43.8 Å². The van der Waals surface area contributed by atoms with Gasteiger partial charge in [-0.05, 0) is 19.1 Å².